The van der Waals surface area contributed by atoms with Gasteiger partial charge in [0.2, 0.25) is 0 Å². The van der Waals surface area contributed by atoms with Gasteiger partial charge in [0.25, 0.3) is 0 Å². The first kappa shape index (κ1) is 18.0. The van der Waals surface area contributed by atoms with Crippen LogP contribution in [-0.4, -0.2) is 22.4 Å². The van der Waals surface area contributed by atoms with Crippen molar-refractivity contribution in [1.29, 1.82) is 0 Å². The van der Waals surface area contributed by atoms with Gasteiger partial charge in [0.15, 0.2) is 0 Å². The molecule has 0 atom stereocenters. The molecule has 1 aliphatic rings. The third kappa shape index (κ3) is 4.45. The molecule has 1 heterocycles. The molecule has 1 saturated carbocycles. The highest BCUT2D eigenvalue weighted by Gasteiger charge is 2.47. The van der Waals surface area contributed by atoms with E-state index in [2.05, 4.69) is 5.32 Å². The summed E-state index contributed by atoms with van der Waals surface area (Å²) >= 11 is 0. The van der Waals surface area contributed by atoms with E-state index in [9.17, 15) is 9.59 Å². The fraction of sp³-hybridized carbons (Fsp3) is 0.400. The van der Waals surface area contributed by atoms with Gasteiger partial charge in [-0.1, -0.05) is 30.3 Å². The third-order valence-electron chi connectivity index (χ3n) is 4.15. The van der Waals surface area contributed by atoms with Crippen LogP contribution in [-0.2, 0) is 21.6 Å². The van der Waals surface area contributed by atoms with E-state index < -0.39 is 23.3 Å². The Morgan fingerprint density at radius 1 is 1.15 bits per heavy atom. The first-order valence-electron chi connectivity index (χ1n) is 8.68. The molecule has 138 valence electrons. The van der Waals surface area contributed by atoms with Crippen molar-refractivity contribution in [3.8, 4) is 0 Å². The molecule has 6 nitrogen and oxygen atoms in total. The van der Waals surface area contributed by atoms with E-state index in [1.807, 2.05) is 57.2 Å². The van der Waals surface area contributed by atoms with Gasteiger partial charge in [0.1, 0.15) is 12.2 Å². The zero-order valence-corrected chi connectivity index (χ0v) is 15.3. The van der Waals surface area contributed by atoms with Crippen LogP contribution in [0.15, 0.2) is 48.8 Å². The van der Waals surface area contributed by atoms with E-state index in [4.69, 9.17) is 9.47 Å². The monoisotopic (exact) mass is 356 g/mol. The highest BCUT2D eigenvalue weighted by molar-refractivity contribution is 5.72. The van der Waals surface area contributed by atoms with Crippen LogP contribution in [0, 0.1) is 0 Å². The van der Waals surface area contributed by atoms with Gasteiger partial charge in [0, 0.05) is 12.4 Å². The molecular formula is C20H24N2O4. The van der Waals surface area contributed by atoms with Crippen LogP contribution < -0.4 is 5.32 Å². The van der Waals surface area contributed by atoms with Crippen LogP contribution in [0.5, 0.6) is 0 Å². The minimum Gasteiger partial charge on any atom is -0.444 e. The number of ether oxygens (including phenoxy) is 2. The zero-order chi connectivity index (χ0) is 18.8. The molecular weight excluding hydrogens is 332 g/mol. The molecule has 1 aromatic heterocycles. The molecule has 3 rings (SSSR count). The Balaban J connectivity index is 1.60. The van der Waals surface area contributed by atoms with Gasteiger partial charge in [-0.25, -0.2) is 9.59 Å². The lowest BCUT2D eigenvalue weighted by Crippen LogP contribution is -2.39. The Labute approximate surface area is 153 Å². The van der Waals surface area contributed by atoms with Crippen molar-refractivity contribution in [2.75, 3.05) is 0 Å². The number of nitrogens with one attached hydrogen (secondary N) is 1. The van der Waals surface area contributed by atoms with Crippen LogP contribution in [0.4, 0.5) is 9.59 Å². The summed E-state index contributed by atoms with van der Waals surface area (Å²) in [5, 5.41) is 2.92. The number of hydrogen-bond donors (Lipinski definition) is 1. The first-order chi connectivity index (χ1) is 12.3. The van der Waals surface area contributed by atoms with Gasteiger partial charge in [-0.2, -0.15) is 0 Å². The Morgan fingerprint density at radius 3 is 2.46 bits per heavy atom. The number of carbonyl (C=O) groups excluding carboxylic acids is 2. The normalized spacial score (nSPS) is 15.2. The number of amides is 1. The summed E-state index contributed by atoms with van der Waals surface area (Å²) in [5.74, 6) is 0. The van der Waals surface area contributed by atoms with Gasteiger partial charge in [-0.05, 0) is 50.8 Å². The molecule has 26 heavy (non-hydrogen) atoms. The second-order valence-corrected chi connectivity index (χ2v) is 7.56. The van der Waals surface area contributed by atoms with Crippen molar-refractivity contribution < 1.29 is 19.1 Å². The molecule has 0 saturated heterocycles. The van der Waals surface area contributed by atoms with Crippen LogP contribution in [0.1, 0.15) is 44.7 Å². The van der Waals surface area contributed by atoms with Crippen LogP contribution in [0.25, 0.3) is 0 Å². The van der Waals surface area contributed by atoms with Crippen molar-refractivity contribution in [2.24, 2.45) is 0 Å². The summed E-state index contributed by atoms with van der Waals surface area (Å²) in [6, 6.07) is 11.3. The number of benzene rings is 1. The van der Waals surface area contributed by atoms with Gasteiger partial charge >= 0.3 is 12.2 Å². The summed E-state index contributed by atoms with van der Waals surface area (Å²) in [6.45, 7) is 5.69. The lowest BCUT2D eigenvalue weighted by atomic mass is 10.1. The second-order valence-electron chi connectivity index (χ2n) is 7.56. The van der Waals surface area contributed by atoms with Crippen molar-refractivity contribution in [3.05, 3.63) is 59.9 Å². The summed E-state index contributed by atoms with van der Waals surface area (Å²) in [4.78, 5) is 24.3. The molecule has 0 bridgehead atoms. The van der Waals surface area contributed by atoms with E-state index in [1.54, 1.807) is 12.4 Å². The number of rotatable bonds is 4. The van der Waals surface area contributed by atoms with Crippen molar-refractivity contribution >= 4 is 12.2 Å². The number of alkyl carbamates (subject to hydrolysis) is 1. The number of carbonyl (C=O) groups is 2. The quantitative estimate of drug-likeness (QED) is 0.892. The Bertz CT molecular complexity index is 786. The predicted octanol–water partition coefficient (Wildman–Crippen LogP) is 4.19. The molecule has 0 aliphatic heterocycles. The summed E-state index contributed by atoms with van der Waals surface area (Å²) in [6.07, 6.45) is 4.09. The van der Waals surface area contributed by atoms with Crippen LogP contribution in [0.3, 0.4) is 0 Å². The van der Waals surface area contributed by atoms with Crippen LogP contribution in [0.2, 0.25) is 0 Å². The fourth-order valence-corrected chi connectivity index (χ4v) is 2.70. The van der Waals surface area contributed by atoms with Crippen molar-refractivity contribution in [3.63, 3.8) is 0 Å². The predicted molar refractivity (Wildman–Crippen MR) is 96.7 cm³/mol. The first-order valence-corrected chi connectivity index (χ1v) is 8.68. The number of aromatic nitrogens is 1. The van der Waals surface area contributed by atoms with Gasteiger partial charge in [0.05, 0.1) is 5.54 Å². The Kier molecular flexibility index (Phi) is 4.76. The van der Waals surface area contributed by atoms with Gasteiger partial charge < -0.3 is 14.8 Å². The minimum atomic E-state index is -0.548. The topological polar surface area (TPSA) is 69.6 Å². The smallest absolute Gasteiger partial charge is 0.418 e. The molecule has 6 heteroatoms. The average molecular weight is 356 g/mol. The van der Waals surface area contributed by atoms with Gasteiger partial charge in [-0.3, -0.25) is 4.57 Å². The summed E-state index contributed by atoms with van der Waals surface area (Å²) in [5.41, 5.74) is 0.805. The molecule has 1 fully saturated rings. The Hall–Kier alpha value is -2.76. The molecule has 1 N–H and O–H groups in total. The third-order valence-corrected chi connectivity index (χ3v) is 4.15. The largest absolute Gasteiger partial charge is 0.444 e. The summed E-state index contributed by atoms with van der Waals surface area (Å²) in [7, 11) is 0. The van der Waals surface area contributed by atoms with Crippen molar-refractivity contribution in [2.45, 2.75) is 51.4 Å². The zero-order valence-electron chi connectivity index (χ0n) is 15.3. The van der Waals surface area contributed by atoms with E-state index in [0.29, 0.717) is 0 Å². The van der Waals surface area contributed by atoms with Gasteiger partial charge in [-0.15, -0.1) is 0 Å². The van der Waals surface area contributed by atoms with E-state index in [0.717, 1.165) is 24.0 Å². The molecule has 1 aromatic carbocycles. The molecule has 1 amide bonds. The van der Waals surface area contributed by atoms with E-state index in [1.165, 1.54) is 4.57 Å². The minimum absolute atomic E-state index is 0.217. The SMILES string of the molecule is CC(C)(C)OC(=O)NC1(c2ccn(C(=O)OCc3ccccc3)c2)CC1. The fourth-order valence-electron chi connectivity index (χ4n) is 2.70. The highest BCUT2D eigenvalue weighted by atomic mass is 16.6. The summed E-state index contributed by atoms with van der Waals surface area (Å²) < 4.78 is 12.0. The maximum Gasteiger partial charge on any atom is 0.418 e. The van der Waals surface area contributed by atoms with E-state index in [-0.39, 0.29) is 6.61 Å². The number of hydrogen-bond acceptors (Lipinski definition) is 4. The maximum atomic E-state index is 12.2. The molecule has 1 aliphatic carbocycles. The molecule has 2 aromatic rings. The second kappa shape index (κ2) is 6.86. The lowest BCUT2D eigenvalue weighted by molar-refractivity contribution is 0.0495. The van der Waals surface area contributed by atoms with E-state index >= 15 is 0 Å². The van der Waals surface area contributed by atoms with Crippen molar-refractivity contribution in [1.82, 2.24) is 9.88 Å². The molecule has 0 spiro atoms. The molecule has 0 unspecified atom stereocenters. The maximum absolute atomic E-state index is 12.2. The Morgan fingerprint density at radius 2 is 1.85 bits per heavy atom. The lowest BCUT2D eigenvalue weighted by Gasteiger charge is -2.23. The highest BCUT2D eigenvalue weighted by Crippen LogP contribution is 2.45. The standard InChI is InChI=1S/C20H24N2O4/c1-19(2,3)26-17(23)21-20(10-11-20)16-9-12-22(13-16)18(24)25-14-15-7-5-4-6-8-15/h4-9,12-13H,10-11,14H2,1-3H3,(H,21,23). The number of nitrogens with zero attached hydrogens (tertiary/aromatic N) is 1. The molecule has 0 radical (unpaired) electrons. The average Bonchev–Trinajstić information content (AvgIpc) is 3.16. The van der Waals surface area contributed by atoms with Crippen LogP contribution >= 0.6 is 0 Å².